The van der Waals surface area contributed by atoms with Crippen molar-refractivity contribution in [2.45, 2.75) is 4.58 Å². The van der Waals surface area contributed by atoms with Crippen LogP contribution in [0, 0.1) is 0 Å². The Morgan fingerprint density at radius 1 is 1.21 bits per heavy atom. The molecule has 0 amide bonds. The zero-order valence-electron chi connectivity index (χ0n) is 11.1. The van der Waals surface area contributed by atoms with Crippen molar-refractivity contribution in [3.8, 4) is 5.75 Å². The molecule has 0 atom stereocenters. The summed E-state index contributed by atoms with van der Waals surface area (Å²) in [5.41, 5.74) is 2.57. The van der Waals surface area contributed by atoms with Crippen LogP contribution in [0.5, 0.6) is 5.75 Å². The normalized spacial score (nSPS) is 20.8. The molecule has 2 aliphatic rings. The van der Waals surface area contributed by atoms with Gasteiger partial charge in [-0.3, -0.25) is 0 Å². The smallest absolute Gasteiger partial charge is 0.126 e. The first kappa shape index (κ1) is 13.5. The van der Waals surface area contributed by atoms with E-state index in [-0.39, 0.29) is 0 Å². The van der Waals surface area contributed by atoms with Gasteiger partial charge in [-0.25, -0.2) is 0 Å². The zero-order chi connectivity index (χ0) is 13.1. The monoisotopic (exact) mass is 297 g/mol. The van der Waals surface area contributed by atoms with Gasteiger partial charge in [-0.2, -0.15) is 0 Å². The Morgan fingerprint density at radius 3 is 2.63 bits per heavy atom. The van der Waals surface area contributed by atoms with Crippen molar-refractivity contribution in [3.63, 3.8) is 0 Å². The Hall–Kier alpha value is -0.520. The molecular formula is C14H19NO2S2. The number of rotatable bonds is 3. The van der Waals surface area contributed by atoms with E-state index in [0.717, 1.165) is 32.1 Å². The van der Waals surface area contributed by atoms with Crippen molar-refractivity contribution >= 4 is 29.2 Å². The van der Waals surface area contributed by atoms with Gasteiger partial charge in [-0.15, -0.1) is 23.5 Å². The lowest BCUT2D eigenvalue weighted by atomic mass is 10.2. The van der Waals surface area contributed by atoms with Gasteiger partial charge in [0.25, 0.3) is 0 Å². The van der Waals surface area contributed by atoms with Crippen molar-refractivity contribution in [1.29, 1.82) is 0 Å². The number of benzene rings is 1. The molecule has 2 heterocycles. The molecule has 1 aromatic carbocycles. The number of anilines is 1. The molecule has 2 fully saturated rings. The third kappa shape index (κ3) is 2.98. The molecule has 19 heavy (non-hydrogen) atoms. The fourth-order valence-corrected chi connectivity index (χ4v) is 5.36. The summed E-state index contributed by atoms with van der Waals surface area (Å²) in [6.45, 7) is 3.57. The van der Waals surface area contributed by atoms with E-state index in [2.05, 4.69) is 23.1 Å². The van der Waals surface area contributed by atoms with Crippen molar-refractivity contribution < 1.29 is 9.47 Å². The van der Waals surface area contributed by atoms with Gasteiger partial charge >= 0.3 is 0 Å². The Kier molecular flexibility index (Phi) is 4.45. The highest BCUT2D eigenvalue weighted by Crippen LogP contribution is 2.48. The first-order chi connectivity index (χ1) is 9.38. The fraction of sp³-hybridized carbons (Fsp3) is 0.571. The van der Waals surface area contributed by atoms with E-state index in [1.54, 1.807) is 7.11 Å². The van der Waals surface area contributed by atoms with Crippen LogP contribution in [0.1, 0.15) is 10.1 Å². The SMILES string of the molecule is COc1cc(N2CCOCC2)ccc1C1SCCS1. The predicted molar refractivity (Wildman–Crippen MR) is 83.7 cm³/mol. The Bertz CT molecular complexity index is 429. The van der Waals surface area contributed by atoms with Crippen molar-refractivity contribution in [1.82, 2.24) is 0 Å². The minimum atomic E-state index is 0.536. The second-order valence-electron chi connectivity index (χ2n) is 4.60. The quantitative estimate of drug-likeness (QED) is 0.853. The largest absolute Gasteiger partial charge is 0.496 e. The summed E-state index contributed by atoms with van der Waals surface area (Å²) >= 11 is 4.03. The van der Waals surface area contributed by atoms with Crippen LogP contribution < -0.4 is 9.64 Å². The Balaban J connectivity index is 1.83. The minimum Gasteiger partial charge on any atom is -0.496 e. The first-order valence-electron chi connectivity index (χ1n) is 6.62. The molecular weight excluding hydrogens is 278 g/mol. The van der Waals surface area contributed by atoms with Crippen LogP contribution in [0.15, 0.2) is 18.2 Å². The molecule has 2 saturated heterocycles. The first-order valence-corrected chi connectivity index (χ1v) is 8.72. The molecule has 0 bridgehead atoms. The van der Waals surface area contributed by atoms with Crippen molar-refractivity contribution in [3.05, 3.63) is 23.8 Å². The van der Waals surface area contributed by atoms with Crippen molar-refractivity contribution in [2.75, 3.05) is 49.8 Å². The second kappa shape index (κ2) is 6.29. The molecule has 0 spiro atoms. The van der Waals surface area contributed by atoms with E-state index in [9.17, 15) is 0 Å². The van der Waals surface area contributed by atoms with Crippen molar-refractivity contribution in [2.24, 2.45) is 0 Å². The lowest BCUT2D eigenvalue weighted by molar-refractivity contribution is 0.122. The molecule has 5 heteroatoms. The highest BCUT2D eigenvalue weighted by atomic mass is 32.2. The molecule has 3 nitrogen and oxygen atoms in total. The van der Waals surface area contributed by atoms with Gasteiger partial charge in [0.1, 0.15) is 5.75 Å². The molecule has 0 radical (unpaired) electrons. The summed E-state index contributed by atoms with van der Waals surface area (Å²) < 4.78 is 11.5. The summed E-state index contributed by atoms with van der Waals surface area (Å²) in [4.78, 5) is 2.37. The van der Waals surface area contributed by atoms with Crippen LogP contribution in [0.4, 0.5) is 5.69 Å². The summed E-state index contributed by atoms with van der Waals surface area (Å²) in [5, 5.41) is 0. The molecule has 2 aliphatic heterocycles. The lowest BCUT2D eigenvalue weighted by Crippen LogP contribution is -2.36. The maximum Gasteiger partial charge on any atom is 0.126 e. The number of hydrogen-bond acceptors (Lipinski definition) is 5. The summed E-state index contributed by atoms with van der Waals surface area (Å²) in [5.74, 6) is 3.50. The van der Waals surface area contributed by atoms with Gasteiger partial charge in [0.05, 0.1) is 24.9 Å². The third-order valence-corrected chi connectivity index (χ3v) is 6.54. The number of ether oxygens (including phenoxy) is 2. The van der Waals surface area contributed by atoms with Gasteiger partial charge in [0.2, 0.25) is 0 Å². The molecule has 0 aromatic heterocycles. The van der Waals surface area contributed by atoms with E-state index >= 15 is 0 Å². The van der Waals surface area contributed by atoms with Gasteiger partial charge < -0.3 is 14.4 Å². The number of nitrogens with zero attached hydrogens (tertiary/aromatic N) is 1. The van der Waals surface area contributed by atoms with Crippen LogP contribution in [0.25, 0.3) is 0 Å². The summed E-state index contributed by atoms with van der Waals surface area (Å²) in [7, 11) is 1.77. The van der Waals surface area contributed by atoms with Gasteiger partial charge in [-0.05, 0) is 6.07 Å². The van der Waals surface area contributed by atoms with E-state index in [4.69, 9.17) is 9.47 Å². The molecule has 0 unspecified atom stereocenters. The predicted octanol–water partition coefficient (Wildman–Crippen LogP) is 3.01. The van der Waals surface area contributed by atoms with Crippen LogP contribution in [0.3, 0.4) is 0 Å². The van der Waals surface area contributed by atoms with E-state index in [1.165, 1.54) is 22.8 Å². The highest BCUT2D eigenvalue weighted by Gasteiger charge is 2.22. The maximum absolute atomic E-state index is 5.60. The summed E-state index contributed by atoms with van der Waals surface area (Å²) in [6.07, 6.45) is 0. The maximum atomic E-state index is 5.60. The molecule has 104 valence electrons. The van der Waals surface area contributed by atoms with Crippen LogP contribution in [0.2, 0.25) is 0 Å². The van der Waals surface area contributed by atoms with E-state index < -0.39 is 0 Å². The average molecular weight is 297 g/mol. The Labute approximate surface area is 123 Å². The van der Waals surface area contributed by atoms with Gasteiger partial charge in [0, 0.05) is 41.9 Å². The molecule has 0 N–H and O–H groups in total. The number of thioether (sulfide) groups is 2. The van der Waals surface area contributed by atoms with Crippen LogP contribution in [-0.2, 0) is 4.74 Å². The topological polar surface area (TPSA) is 21.7 Å². The number of morpholine rings is 1. The standard InChI is InChI=1S/C14H19NO2S2/c1-16-13-10-11(15-4-6-17-7-5-15)2-3-12(13)14-18-8-9-19-14/h2-3,10,14H,4-9H2,1H3. The van der Waals surface area contributed by atoms with Crippen LogP contribution in [-0.4, -0.2) is 44.9 Å². The van der Waals surface area contributed by atoms with Gasteiger partial charge in [-0.1, -0.05) is 6.07 Å². The van der Waals surface area contributed by atoms with E-state index in [0.29, 0.717) is 4.58 Å². The molecule has 1 aromatic rings. The number of hydrogen-bond donors (Lipinski definition) is 0. The second-order valence-corrected chi connectivity index (χ2v) is 7.32. The van der Waals surface area contributed by atoms with Gasteiger partial charge in [0.15, 0.2) is 0 Å². The molecule has 0 aliphatic carbocycles. The third-order valence-electron chi connectivity index (χ3n) is 3.47. The Morgan fingerprint density at radius 2 is 1.95 bits per heavy atom. The number of methoxy groups -OCH3 is 1. The minimum absolute atomic E-state index is 0.536. The highest BCUT2D eigenvalue weighted by molar-refractivity contribution is 8.19. The average Bonchev–Trinajstić information content (AvgIpc) is 3.01. The lowest BCUT2D eigenvalue weighted by Gasteiger charge is -2.29. The fourth-order valence-electron chi connectivity index (χ4n) is 2.45. The zero-order valence-corrected chi connectivity index (χ0v) is 12.8. The molecule has 3 rings (SSSR count). The van der Waals surface area contributed by atoms with Crippen LogP contribution >= 0.6 is 23.5 Å². The molecule has 0 saturated carbocycles. The van der Waals surface area contributed by atoms with E-state index in [1.807, 2.05) is 23.5 Å². The summed E-state index contributed by atoms with van der Waals surface area (Å²) in [6, 6.07) is 6.64.